The smallest absolute Gasteiger partial charge is 0.241 e. The van der Waals surface area contributed by atoms with Crippen LogP contribution >= 0.6 is 0 Å². The zero-order valence-electron chi connectivity index (χ0n) is 12.8. The van der Waals surface area contributed by atoms with E-state index in [0.717, 1.165) is 31.9 Å². The van der Waals surface area contributed by atoms with Crippen molar-refractivity contribution in [1.29, 1.82) is 0 Å². The van der Waals surface area contributed by atoms with E-state index < -0.39 is 0 Å². The minimum atomic E-state index is -0.0560. The number of piperidine rings is 1. The Morgan fingerprint density at radius 3 is 2.67 bits per heavy atom. The first kappa shape index (κ1) is 14.5. The number of nitrogens with zero attached hydrogens (tertiary/aromatic N) is 1. The van der Waals surface area contributed by atoms with Crippen LogP contribution in [0.5, 0.6) is 0 Å². The molecule has 2 heterocycles. The van der Waals surface area contributed by atoms with Gasteiger partial charge in [0, 0.05) is 12.2 Å². The van der Waals surface area contributed by atoms with Gasteiger partial charge in [0.15, 0.2) is 0 Å². The molecule has 0 aliphatic carbocycles. The molecule has 0 bridgehead atoms. The molecular weight excluding hydrogens is 262 g/mol. The topological polar surface area (TPSA) is 44.4 Å². The fourth-order valence-electron chi connectivity index (χ4n) is 3.60. The van der Waals surface area contributed by atoms with Crippen molar-refractivity contribution in [2.24, 2.45) is 5.41 Å². The zero-order chi connectivity index (χ0) is 14.7. The highest BCUT2D eigenvalue weighted by molar-refractivity contribution is 5.94. The number of carbonyl (C=O) groups excluding carboxylic acids is 1. The van der Waals surface area contributed by atoms with Crippen LogP contribution < -0.4 is 10.6 Å². The summed E-state index contributed by atoms with van der Waals surface area (Å²) in [6, 6.07) is 9.66. The summed E-state index contributed by atoms with van der Waals surface area (Å²) in [5, 5.41) is 6.45. The van der Waals surface area contributed by atoms with Crippen molar-refractivity contribution < 1.29 is 4.79 Å². The van der Waals surface area contributed by atoms with E-state index in [1.807, 2.05) is 37.3 Å². The molecule has 4 heteroatoms. The first-order valence-electron chi connectivity index (χ1n) is 7.99. The third kappa shape index (κ3) is 3.27. The molecule has 0 aromatic heterocycles. The van der Waals surface area contributed by atoms with Crippen molar-refractivity contribution in [3.8, 4) is 0 Å². The van der Waals surface area contributed by atoms with Crippen LogP contribution in [0, 0.1) is 5.41 Å². The van der Waals surface area contributed by atoms with E-state index >= 15 is 0 Å². The van der Waals surface area contributed by atoms with Crippen LogP contribution in [0.4, 0.5) is 5.69 Å². The summed E-state index contributed by atoms with van der Waals surface area (Å²) in [5.41, 5.74) is 1.33. The summed E-state index contributed by atoms with van der Waals surface area (Å²) in [5.74, 6) is 0.104. The number of carbonyl (C=O) groups is 1. The molecule has 2 aliphatic heterocycles. The first-order chi connectivity index (χ1) is 10.2. The van der Waals surface area contributed by atoms with E-state index in [9.17, 15) is 4.79 Å². The molecule has 1 aromatic carbocycles. The molecule has 1 atom stereocenters. The molecule has 114 valence electrons. The fraction of sp³-hybridized carbons (Fsp3) is 0.588. The van der Waals surface area contributed by atoms with Crippen molar-refractivity contribution in [2.75, 3.05) is 31.5 Å². The molecule has 2 N–H and O–H groups in total. The van der Waals surface area contributed by atoms with Crippen molar-refractivity contribution >= 4 is 11.6 Å². The van der Waals surface area contributed by atoms with Gasteiger partial charge >= 0.3 is 0 Å². The molecule has 1 aromatic rings. The standard InChI is InChI=1S/C17H25N3O/c1-14(16(21)19-15-5-3-2-4-6-15)20-12-9-17(13-20)7-10-18-11-8-17/h2-6,14,18H,7-13H2,1H3,(H,19,21). The van der Waals surface area contributed by atoms with Crippen molar-refractivity contribution in [2.45, 2.75) is 32.2 Å². The van der Waals surface area contributed by atoms with Gasteiger partial charge in [0.2, 0.25) is 5.91 Å². The Kier molecular flexibility index (Phi) is 4.27. The SMILES string of the molecule is CC(C(=O)Nc1ccccc1)N1CCC2(CCNCC2)C1. The minimum absolute atomic E-state index is 0.0560. The molecule has 3 rings (SSSR count). The predicted octanol–water partition coefficient (Wildman–Crippen LogP) is 2.09. The molecule has 2 saturated heterocycles. The van der Waals surface area contributed by atoms with E-state index in [-0.39, 0.29) is 11.9 Å². The van der Waals surface area contributed by atoms with Crippen molar-refractivity contribution in [3.63, 3.8) is 0 Å². The molecule has 1 spiro atoms. The van der Waals surface area contributed by atoms with Crippen LogP contribution in [-0.4, -0.2) is 43.0 Å². The normalized spacial score (nSPS) is 23.1. The molecule has 4 nitrogen and oxygen atoms in total. The molecule has 21 heavy (non-hydrogen) atoms. The van der Waals surface area contributed by atoms with E-state index in [1.165, 1.54) is 19.3 Å². The zero-order valence-corrected chi connectivity index (χ0v) is 12.8. The molecule has 2 fully saturated rings. The number of para-hydroxylation sites is 1. The summed E-state index contributed by atoms with van der Waals surface area (Å²) in [4.78, 5) is 14.8. The lowest BCUT2D eigenvalue weighted by molar-refractivity contribution is -0.120. The number of rotatable bonds is 3. The first-order valence-corrected chi connectivity index (χ1v) is 7.99. The van der Waals surface area contributed by atoms with Crippen LogP contribution in [0.3, 0.4) is 0 Å². The summed E-state index contributed by atoms with van der Waals surface area (Å²) in [6.07, 6.45) is 3.73. The summed E-state index contributed by atoms with van der Waals surface area (Å²) in [6.45, 7) is 6.39. The van der Waals surface area contributed by atoms with Gasteiger partial charge in [0.25, 0.3) is 0 Å². The van der Waals surface area contributed by atoms with Gasteiger partial charge in [-0.05, 0) is 63.4 Å². The molecule has 1 amide bonds. The highest BCUT2D eigenvalue weighted by atomic mass is 16.2. The summed E-state index contributed by atoms with van der Waals surface area (Å²) < 4.78 is 0. The fourth-order valence-corrected chi connectivity index (χ4v) is 3.60. The Morgan fingerprint density at radius 2 is 1.95 bits per heavy atom. The number of nitrogens with one attached hydrogen (secondary N) is 2. The second kappa shape index (κ2) is 6.16. The van der Waals surface area contributed by atoms with E-state index in [4.69, 9.17) is 0 Å². The largest absolute Gasteiger partial charge is 0.325 e. The summed E-state index contributed by atoms with van der Waals surface area (Å²) >= 11 is 0. The third-order valence-electron chi connectivity index (χ3n) is 5.10. The van der Waals surface area contributed by atoms with E-state index in [1.54, 1.807) is 0 Å². The van der Waals surface area contributed by atoms with Crippen LogP contribution in [0.2, 0.25) is 0 Å². The van der Waals surface area contributed by atoms with Crippen LogP contribution in [0.15, 0.2) is 30.3 Å². The maximum Gasteiger partial charge on any atom is 0.241 e. The highest BCUT2D eigenvalue weighted by Crippen LogP contribution is 2.39. The second-order valence-electron chi connectivity index (χ2n) is 6.50. The maximum absolute atomic E-state index is 12.4. The molecule has 0 saturated carbocycles. The van der Waals surface area contributed by atoms with Crippen molar-refractivity contribution in [1.82, 2.24) is 10.2 Å². The van der Waals surface area contributed by atoms with E-state index in [2.05, 4.69) is 15.5 Å². The Bertz CT molecular complexity index is 482. The quantitative estimate of drug-likeness (QED) is 0.895. The van der Waals surface area contributed by atoms with Gasteiger partial charge in [-0.2, -0.15) is 0 Å². The van der Waals surface area contributed by atoms with Gasteiger partial charge in [-0.1, -0.05) is 18.2 Å². The average molecular weight is 287 g/mol. The Morgan fingerprint density at radius 1 is 1.24 bits per heavy atom. The average Bonchev–Trinajstić information content (AvgIpc) is 2.92. The van der Waals surface area contributed by atoms with E-state index in [0.29, 0.717) is 5.41 Å². The highest BCUT2D eigenvalue weighted by Gasteiger charge is 2.41. The lowest BCUT2D eigenvalue weighted by Gasteiger charge is -2.34. The van der Waals surface area contributed by atoms with Gasteiger partial charge in [0.05, 0.1) is 6.04 Å². The Balaban J connectivity index is 1.58. The summed E-state index contributed by atoms with van der Waals surface area (Å²) in [7, 11) is 0. The molecule has 2 aliphatic rings. The van der Waals surface area contributed by atoms with Gasteiger partial charge in [-0.3, -0.25) is 9.69 Å². The van der Waals surface area contributed by atoms with Gasteiger partial charge in [0.1, 0.15) is 0 Å². The number of amides is 1. The molecule has 0 radical (unpaired) electrons. The Hall–Kier alpha value is -1.39. The lowest BCUT2D eigenvalue weighted by atomic mass is 9.78. The number of benzene rings is 1. The predicted molar refractivity (Wildman–Crippen MR) is 85.3 cm³/mol. The monoisotopic (exact) mass is 287 g/mol. The van der Waals surface area contributed by atoms with Gasteiger partial charge in [-0.25, -0.2) is 0 Å². The maximum atomic E-state index is 12.4. The van der Waals surface area contributed by atoms with Gasteiger partial charge in [-0.15, -0.1) is 0 Å². The minimum Gasteiger partial charge on any atom is -0.325 e. The number of hydrogen-bond donors (Lipinski definition) is 2. The van der Waals surface area contributed by atoms with Crippen molar-refractivity contribution in [3.05, 3.63) is 30.3 Å². The van der Waals surface area contributed by atoms with Gasteiger partial charge < -0.3 is 10.6 Å². The second-order valence-corrected chi connectivity index (χ2v) is 6.50. The van der Waals surface area contributed by atoms with Crippen LogP contribution in [0.25, 0.3) is 0 Å². The van der Waals surface area contributed by atoms with Crippen LogP contribution in [-0.2, 0) is 4.79 Å². The van der Waals surface area contributed by atoms with Crippen LogP contribution in [0.1, 0.15) is 26.2 Å². The number of anilines is 1. The Labute approximate surface area is 126 Å². The number of likely N-dealkylation sites (tertiary alicyclic amines) is 1. The molecular formula is C17H25N3O. The number of hydrogen-bond acceptors (Lipinski definition) is 3. The lowest BCUT2D eigenvalue weighted by Crippen LogP contribution is -2.44. The molecule has 1 unspecified atom stereocenters. The third-order valence-corrected chi connectivity index (χ3v) is 5.10.